The molecule has 0 saturated carbocycles. The van der Waals surface area contributed by atoms with Gasteiger partial charge in [0.1, 0.15) is 6.61 Å². The van der Waals surface area contributed by atoms with Gasteiger partial charge in [0.2, 0.25) is 0 Å². The zero-order valence-corrected chi connectivity index (χ0v) is 12.1. The summed E-state index contributed by atoms with van der Waals surface area (Å²) in [4.78, 5) is 13.8. The molecule has 5 heteroatoms. The first-order chi connectivity index (χ1) is 10.2. The van der Waals surface area contributed by atoms with Gasteiger partial charge in [0.05, 0.1) is 12.1 Å². The van der Waals surface area contributed by atoms with Gasteiger partial charge < -0.3 is 19.8 Å². The van der Waals surface area contributed by atoms with Crippen molar-refractivity contribution in [1.29, 1.82) is 0 Å². The highest BCUT2D eigenvalue weighted by Crippen LogP contribution is 2.22. The first-order valence-corrected chi connectivity index (χ1v) is 7.48. The first-order valence-electron chi connectivity index (χ1n) is 7.48. The summed E-state index contributed by atoms with van der Waals surface area (Å²) >= 11 is 0. The van der Waals surface area contributed by atoms with Crippen LogP contribution < -0.4 is 0 Å². The van der Waals surface area contributed by atoms with Gasteiger partial charge >= 0.3 is 6.09 Å². The third-order valence-electron chi connectivity index (χ3n) is 3.86. The molecule has 1 aliphatic rings. The lowest BCUT2D eigenvalue weighted by atomic mass is 9.96. The molecule has 0 spiro atoms. The Labute approximate surface area is 125 Å². The van der Waals surface area contributed by atoms with E-state index in [0.29, 0.717) is 6.54 Å². The second-order valence-corrected chi connectivity index (χ2v) is 5.38. The molecule has 21 heavy (non-hydrogen) atoms. The number of aliphatic hydroxyl groups excluding tert-OH is 2. The van der Waals surface area contributed by atoms with Crippen LogP contribution in [-0.4, -0.2) is 46.5 Å². The zero-order chi connectivity index (χ0) is 15.1. The molecule has 1 aliphatic heterocycles. The molecule has 2 rings (SSSR count). The minimum absolute atomic E-state index is 0.0788. The minimum Gasteiger partial charge on any atom is -0.445 e. The molecular weight excluding hydrogens is 270 g/mol. The van der Waals surface area contributed by atoms with Gasteiger partial charge in [0, 0.05) is 13.2 Å². The lowest BCUT2D eigenvalue weighted by Gasteiger charge is -2.37. The molecule has 1 aromatic carbocycles. The van der Waals surface area contributed by atoms with E-state index in [1.54, 1.807) is 4.90 Å². The first kappa shape index (κ1) is 15.8. The molecular formula is C16H23NO4. The van der Waals surface area contributed by atoms with Crippen LogP contribution in [0.15, 0.2) is 30.3 Å². The van der Waals surface area contributed by atoms with Crippen LogP contribution in [0.5, 0.6) is 0 Å². The number of aliphatic hydroxyl groups is 2. The number of benzene rings is 1. The lowest BCUT2D eigenvalue weighted by molar-refractivity contribution is 0.00517. The van der Waals surface area contributed by atoms with Gasteiger partial charge in [-0.3, -0.25) is 0 Å². The van der Waals surface area contributed by atoms with Crippen LogP contribution in [0.4, 0.5) is 4.79 Å². The number of piperidine rings is 1. The molecule has 1 heterocycles. The standard InChI is InChI=1S/C16H23NO4/c18-11-9-15(19)14-8-4-5-10-17(14)16(20)21-12-13-6-2-1-3-7-13/h1-3,6-7,14-15,18-19H,4-5,8-12H2/t14-,15-/m0/s1. The van der Waals surface area contributed by atoms with E-state index in [-0.39, 0.29) is 31.8 Å². The Morgan fingerprint density at radius 1 is 1.33 bits per heavy atom. The smallest absolute Gasteiger partial charge is 0.410 e. The number of likely N-dealkylation sites (tertiary alicyclic amines) is 1. The van der Waals surface area contributed by atoms with Crippen molar-refractivity contribution in [2.75, 3.05) is 13.2 Å². The second kappa shape index (κ2) is 8.00. The molecule has 0 aromatic heterocycles. The summed E-state index contributed by atoms with van der Waals surface area (Å²) in [7, 11) is 0. The number of hydrogen-bond acceptors (Lipinski definition) is 4. The van der Waals surface area contributed by atoms with Crippen molar-refractivity contribution in [2.45, 2.75) is 44.4 Å². The number of amides is 1. The van der Waals surface area contributed by atoms with Crippen molar-refractivity contribution in [1.82, 2.24) is 4.90 Å². The van der Waals surface area contributed by atoms with E-state index in [4.69, 9.17) is 9.84 Å². The van der Waals surface area contributed by atoms with Crippen LogP contribution in [0.1, 0.15) is 31.2 Å². The monoisotopic (exact) mass is 293 g/mol. The fraction of sp³-hybridized carbons (Fsp3) is 0.562. The van der Waals surface area contributed by atoms with E-state index in [9.17, 15) is 9.90 Å². The molecule has 5 nitrogen and oxygen atoms in total. The van der Waals surface area contributed by atoms with Crippen molar-refractivity contribution in [3.8, 4) is 0 Å². The number of carbonyl (C=O) groups is 1. The van der Waals surface area contributed by atoms with Crippen LogP contribution in [0.2, 0.25) is 0 Å². The van der Waals surface area contributed by atoms with Crippen molar-refractivity contribution in [3.63, 3.8) is 0 Å². The van der Waals surface area contributed by atoms with E-state index in [1.165, 1.54) is 0 Å². The zero-order valence-electron chi connectivity index (χ0n) is 12.1. The molecule has 1 aromatic rings. The SMILES string of the molecule is O=C(OCc1ccccc1)N1CCCC[C@H]1[C@@H](O)CCO. The summed E-state index contributed by atoms with van der Waals surface area (Å²) < 4.78 is 5.34. The molecule has 0 bridgehead atoms. The van der Waals surface area contributed by atoms with Crippen LogP contribution >= 0.6 is 0 Å². The highest BCUT2D eigenvalue weighted by molar-refractivity contribution is 5.68. The molecule has 1 amide bonds. The van der Waals surface area contributed by atoms with Crippen LogP contribution in [0, 0.1) is 0 Å². The Hall–Kier alpha value is -1.59. The van der Waals surface area contributed by atoms with Crippen LogP contribution in [-0.2, 0) is 11.3 Å². The summed E-state index contributed by atoms with van der Waals surface area (Å²) in [6.45, 7) is 0.754. The molecule has 2 N–H and O–H groups in total. The summed E-state index contributed by atoms with van der Waals surface area (Å²) in [6.07, 6.45) is 1.85. The lowest BCUT2D eigenvalue weighted by Crippen LogP contribution is -2.50. The Morgan fingerprint density at radius 2 is 2.10 bits per heavy atom. The van der Waals surface area contributed by atoms with Crippen molar-refractivity contribution in [2.24, 2.45) is 0 Å². The second-order valence-electron chi connectivity index (χ2n) is 5.38. The van der Waals surface area contributed by atoms with Crippen LogP contribution in [0.3, 0.4) is 0 Å². The van der Waals surface area contributed by atoms with Gasteiger partial charge in [-0.25, -0.2) is 4.79 Å². The molecule has 1 fully saturated rings. The number of ether oxygens (including phenoxy) is 1. The van der Waals surface area contributed by atoms with Gasteiger partial charge in [-0.2, -0.15) is 0 Å². The Kier molecular flexibility index (Phi) is 6.02. The van der Waals surface area contributed by atoms with E-state index in [0.717, 1.165) is 24.8 Å². The largest absolute Gasteiger partial charge is 0.445 e. The molecule has 116 valence electrons. The summed E-state index contributed by atoms with van der Waals surface area (Å²) in [5, 5.41) is 19.0. The molecule has 1 saturated heterocycles. The number of hydrogen-bond donors (Lipinski definition) is 2. The average molecular weight is 293 g/mol. The fourth-order valence-corrected chi connectivity index (χ4v) is 2.71. The maximum atomic E-state index is 12.2. The minimum atomic E-state index is -0.695. The quantitative estimate of drug-likeness (QED) is 0.870. The van der Waals surface area contributed by atoms with E-state index in [1.807, 2.05) is 30.3 Å². The maximum Gasteiger partial charge on any atom is 0.410 e. The highest BCUT2D eigenvalue weighted by Gasteiger charge is 2.32. The Bertz CT molecular complexity index is 437. The van der Waals surface area contributed by atoms with Gasteiger partial charge in [-0.15, -0.1) is 0 Å². The summed E-state index contributed by atoms with van der Waals surface area (Å²) in [5.41, 5.74) is 0.940. The predicted octanol–water partition coefficient (Wildman–Crippen LogP) is 1.92. The van der Waals surface area contributed by atoms with Gasteiger partial charge in [-0.05, 0) is 31.2 Å². The number of rotatable bonds is 5. The van der Waals surface area contributed by atoms with Gasteiger partial charge in [0.15, 0.2) is 0 Å². The van der Waals surface area contributed by atoms with E-state index >= 15 is 0 Å². The molecule has 0 radical (unpaired) electrons. The summed E-state index contributed by atoms with van der Waals surface area (Å²) in [5.74, 6) is 0. The Morgan fingerprint density at radius 3 is 2.81 bits per heavy atom. The molecule has 2 atom stereocenters. The van der Waals surface area contributed by atoms with Crippen molar-refractivity contribution < 1.29 is 19.7 Å². The third kappa shape index (κ3) is 4.44. The third-order valence-corrected chi connectivity index (χ3v) is 3.86. The maximum absolute atomic E-state index is 12.2. The van der Waals surface area contributed by atoms with Crippen molar-refractivity contribution >= 4 is 6.09 Å². The Balaban J connectivity index is 1.92. The topological polar surface area (TPSA) is 70.0 Å². The van der Waals surface area contributed by atoms with Gasteiger partial charge in [0.25, 0.3) is 0 Å². The summed E-state index contributed by atoms with van der Waals surface area (Å²) in [6, 6.07) is 9.27. The normalized spacial score (nSPS) is 20.1. The van der Waals surface area contributed by atoms with Crippen molar-refractivity contribution in [3.05, 3.63) is 35.9 Å². The highest BCUT2D eigenvalue weighted by atomic mass is 16.6. The predicted molar refractivity (Wildman–Crippen MR) is 78.7 cm³/mol. The van der Waals surface area contributed by atoms with Crippen LogP contribution in [0.25, 0.3) is 0 Å². The molecule has 0 unspecified atom stereocenters. The molecule has 0 aliphatic carbocycles. The average Bonchev–Trinajstić information content (AvgIpc) is 2.54. The fourth-order valence-electron chi connectivity index (χ4n) is 2.71. The number of nitrogens with zero attached hydrogens (tertiary/aromatic N) is 1. The van der Waals surface area contributed by atoms with Gasteiger partial charge in [-0.1, -0.05) is 30.3 Å². The van der Waals surface area contributed by atoms with E-state index in [2.05, 4.69) is 0 Å². The number of carbonyl (C=O) groups excluding carboxylic acids is 1. The van der Waals surface area contributed by atoms with E-state index < -0.39 is 6.10 Å².